The zero-order valence-electron chi connectivity index (χ0n) is 12.5. The Morgan fingerprint density at radius 1 is 0.941 bits per heavy atom. The maximum absolute atomic E-state index is 10.9. The van der Waals surface area contributed by atoms with Gasteiger partial charge in [0.15, 0.2) is 0 Å². The smallest absolute Gasteiger partial charge is 0.129 e. The van der Waals surface area contributed by atoms with Gasteiger partial charge in [-0.2, -0.15) is 0 Å². The molecule has 0 unspecified atom stereocenters. The summed E-state index contributed by atoms with van der Waals surface area (Å²) in [6.07, 6.45) is 4.28. The van der Waals surface area contributed by atoms with E-state index in [1.807, 2.05) is 0 Å². The third-order valence-corrected chi connectivity index (χ3v) is 3.05. The molecule has 0 spiro atoms. The minimum Gasteiger partial charge on any atom is -0.303 e. The van der Waals surface area contributed by atoms with E-state index >= 15 is 0 Å². The predicted octanol–water partition coefficient (Wildman–Crippen LogP) is 3.75. The van der Waals surface area contributed by atoms with Crippen molar-refractivity contribution in [1.82, 2.24) is 4.90 Å². The van der Waals surface area contributed by atoms with Crippen molar-refractivity contribution in [2.75, 3.05) is 19.6 Å². The fourth-order valence-electron chi connectivity index (χ4n) is 1.77. The summed E-state index contributed by atoms with van der Waals surface area (Å²) in [6, 6.07) is 0. The molecule has 0 saturated heterocycles. The molecule has 0 aliphatic carbocycles. The Morgan fingerprint density at radius 3 is 1.76 bits per heavy atom. The van der Waals surface area contributed by atoms with E-state index in [4.69, 9.17) is 0 Å². The molecular formula is C15H31NO. The van der Waals surface area contributed by atoms with Gasteiger partial charge in [-0.05, 0) is 57.7 Å². The topological polar surface area (TPSA) is 20.3 Å². The van der Waals surface area contributed by atoms with Crippen LogP contribution >= 0.6 is 0 Å². The highest BCUT2D eigenvalue weighted by atomic mass is 16.1. The lowest BCUT2D eigenvalue weighted by molar-refractivity contribution is -0.117. The Balaban J connectivity index is 3.87. The second-order valence-electron chi connectivity index (χ2n) is 6.01. The fraction of sp³-hybridized carbons (Fsp3) is 0.933. The first-order chi connectivity index (χ1) is 7.91. The first kappa shape index (κ1) is 16.6. The third kappa shape index (κ3) is 11.9. The molecule has 2 nitrogen and oxygen atoms in total. The molecule has 17 heavy (non-hydrogen) atoms. The van der Waals surface area contributed by atoms with Crippen molar-refractivity contribution < 1.29 is 4.79 Å². The summed E-state index contributed by atoms with van der Waals surface area (Å²) in [6.45, 7) is 14.2. The van der Waals surface area contributed by atoms with Crippen LogP contribution in [0.15, 0.2) is 0 Å². The van der Waals surface area contributed by atoms with Crippen LogP contribution in [0, 0.1) is 11.8 Å². The van der Waals surface area contributed by atoms with Crippen LogP contribution < -0.4 is 0 Å². The maximum atomic E-state index is 10.9. The van der Waals surface area contributed by atoms with Crippen LogP contribution in [-0.2, 0) is 4.79 Å². The molecule has 0 aromatic heterocycles. The summed E-state index contributed by atoms with van der Waals surface area (Å²) in [4.78, 5) is 13.5. The van der Waals surface area contributed by atoms with Crippen LogP contribution in [0.5, 0.6) is 0 Å². The molecular weight excluding hydrogens is 210 g/mol. The lowest BCUT2D eigenvalue weighted by Gasteiger charge is -2.24. The van der Waals surface area contributed by atoms with E-state index in [1.165, 1.54) is 25.9 Å². The molecule has 0 N–H and O–H groups in total. The van der Waals surface area contributed by atoms with Crippen molar-refractivity contribution in [3.63, 3.8) is 0 Å². The zero-order chi connectivity index (χ0) is 13.3. The lowest BCUT2D eigenvalue weighted by Crippen LogP contribution is -2.29. The van der Waals surface area contributed by atoms with E-state index in [1.54, 1.807) is 6.92 Å². The normalized spacial score (nSPS) is 11.8. The van der Waals surface area contributed by atoms with Crippen LogP contribution in [0.3, 0.4) is 0 Å². The van der Waals surface area contributed by atoms with Crippen LogP contribution in [0.1, 0.15) is 60.3 Å². The number of carbonyl (C=O) groups is 1. The fourth-order valence-corrected chi connectivity index (χ4v) is 1.77. The molecule has 0 amide bonds. The molecule has 0 saturated carbocycles. The van der Waals surface area contributed by atoms with Crippen molar-refractivity contribution in [2.24, 2.45) is 11.8 Å². The summed E-state index contributed by atoms with van der Waals surface area (Å²) in [5, 5.41) is 0. The van der Waals surface area contributed by atoms with Crippen LogP contribution in [0.25, 0.3) is 0 Å². The van der Waals surface area contributed by atoms with Gasteiger partial charge in [-0.3, -0.25) is 0 Å². The predicted molar refractivity (Wildman–Crippen MR) is 75.3 cm³/mol. The Labute approximate surface area is 108 Å². The molecule has 0 bridgehead atoms. The van der Waals surface area contributed by atoms with Gasteiger partial charge in [0.25, 0.3) is 0 Å². The van der Waals surface area contributed by atoms with Crippen molar-refractivity contribution in [2.45, 2.75) is 60.3 Å². The van der Waals surface area contributed by atoms with E-state index in [-0.39, 0.29) is 0 Å². The molecule has 0 heterocycles. The van der Waals surface area contributed by atoms with E-state index in [0.29, 0.717) is 5.78 Å². The molecule has 0 radical (unpaired) electrons. The monoisotopic (exact) mass is 241 g/mol. The highest BCUT2D eigenvalue weighted by Gasteiger charge is 2.07. The average Bonchev–Trinajstić information content (AvgIpc) is 2.20. The SMILES string of the molecule is CC(=O)CCCN(CCC(C)C)CCC(C)C. The first-order valence-electron chi connectivity index (χ1n) is 7.13. The van der Waals surface area contributed by atoms with Crippen LogP contribution in [0.2, 0.25) is 0 Å². The number of ketones is 1. The van der Waals surface area contributed by atoms with Gasteiger partial charge in [-0.1, -0.05) is 27.7 Å². The van der Waals surface area contributed by atoms with Crippen molar-refractivity contribution >= 4 is 5.78 Å². The molecule has 0 atom stereocenters. The molecule has 102 valence electrons. The van der Waals surface area contributed by atoms with Crippen molar-refractivity contribution in [1.29, 1.82) is 0 Å². The Hall–Kier alpha value is -0.370. The average molecular weight is 241 g/mol. The largest absolute Gasteiger partial charge is 0.303 e. The van der Waals surface area contributed by atoms with E-state index in [0.717, 1.165) is 31.2 Å². The van der Waals surface area contributed by atoms with Gasteiger partial charge >= 0.3 is 0 Å². The maximum Gasteiger partial charge on any atom is 0.129 e. The molecule has 0 aromatic rings. The highest BCUT2D eigenvalue weighted by Crippen LogP contribution is 2.07. The van der Waals surface area contributed by atoms with Gasteiger partial charge in [0.2, 0.25) is 0 Å². The van der Waals surface area contributed by atoms with E-state index in [9.17, 15) is 4.79 Å². The van der Waals surface area contributed by atoms with Crippen LogP contribution in [0.4, 0.5) is 0 Å². The summed E-state index contributed by atoms with van der Waals surface area (Å²) in [7, 11) is 0. The lowest BCUT2D eigenvalue weighted by atomic mass is 10.1. The molecule has 2 heteroatoms. The molecule has 0 rings (SSSR count). The summed E-state index contributed by atoms with van der Waals surface area (Å²) < 4.78 is 0. The molecule has 0 aliphatic rings. The minimum atomic E-state index is 0.317. The van der Waals surface area contributed by atoms with Crippen molar-refractivity contribution in [3.05, 3.63) is 0 Å². The number of nitrogens with zero attached hydrogens (tertiary/aromatic N) is 1. The third-order valence-electron chi connectivity index (χ3n) is 3.05. The van der Waals surface area contributed by atoms with E-state index < -0.39 is 0 Å². The minimum absolute atomic E-state index is 0.317. The van der Waals surface area contributed by atoms with Gasteiger partial charge < -0.3 is 9.69 Å². The van der Waals surface area contributed by atoms with Gasteiger partial charge in [0.1, 0.15) is 5.78 Å². The van der Waals surface area contributed by atoms with E-state index in [2.05, 4.69) is 32.6 Å². The molecule has 0 aliphatic heterocycles. The molecule has 0 fully saturated rings. The number of hydrogen-bond acceptors (Lipinski definition) is 2. The second-order valence-corrected chi connectivity index (χ2v) is 6.01. The van der Waals surface area contributed by atoms with Gasteiger partial charge in [0.05, 0.1) is 0 Å². The zero-order valence-corrected chi connectivity index (χ0v) is 12.5. The Morgan fingerprint density at radius 2 is 1.41 bits per heavy atom. The van der Waals surface area contributed by atoms with Crippen LogP contribution in [-0.4, -0.2) is 30.3 Å². The Kier molecular flexibility index (Phi) is 9.43. The number of Topliss-reactive ketones (excluding diaryl/α,β-unsaturated/α-hetero) is 1. The highest BCUT2D eigenvalue weighted by molar-refractivity contribution is 5.75. The standard InChI is InChI=1S/C15H31NO/c1-13(2)8-11-16(12-9-14(3)4)10-6-7-15(5)17/h13-14H,6-12H2,1-5H3. The van der Waals surface area contributed by atoms with Crippen molar-refractivity contribution in [3.8, 4) is 0 Å². The Bertz CT molecular complexity index is 187. The first-order valence-corrected chi connectivity index (χ1v) is 7.13. The second kappa shape index (κ2) is 9.64. The number of hydrogen-bond donors (Lipinski definition) is 0. The van der Waals surface area contributed by atoms with Gasteiger partial charge in [0, 0.05) is 6.42 Å². The summed E-state index contributed by atoms with van der Waals surface area (Å²) in [5.74, 6) is 1.85. The number of rotatable bonds is 10. The summed E-state index contributed by atoms with van der Waals surface area (Å²) in [5.41, 5.74) is 0. The van der Waals surface area contributed by atoms with Gasteiger partial charge in [-0.25, -0.2) is 0 Å². The number of carbonyl (C=O) groups excluding carboxylic acids is 1. The summed E-state index contributed by atoms with van der Waals surface area (Å²) >= 11 is 0. The quantitative estimate of drug-likeness (QED) is 0.580. The molecule has 0 aromatic carbocycles. The van der Waals surface area contributed by atoms with Gasteiger partial charge in [-0.15, -0.1) is 0 Å².